The summed E-state index contributed by atoms with van der Waals surface area (Å²) < 4.78 is 1.14. The molecule has 100 valence electrons. The molecule has 2 heteroatoms. The Bertz CT molecular complexity index is 561. The van der Waals surface area contributed by atoms with E-state index in [9.17, 15) is 0 Å². The van der Waals surface area contributed by atoms with Crippen molar-refractivity contribution in [3.63, 3.8) is 0 Å². The third-order valence-corrected chi connectivity index (χ3v) is 3.82. The number of hydrogen-bond acceptors (Lipinski definition) is 1. The van der Waals surface area contributed by atoms with Gasteiger partial charge in [0.2, 0.25) is 0 Å². The van der Waals surface area contributed by atoms with Crippen LogP contribution in [-0.4, -0.2) is 6.04 Å². The van der Waals surface area contributed by atoms with Crippen LogP contribution in [0, 0.1) is 6.92 Å². The largest absolute Gasteiger partial charge is 0.310 e. The SMILES string of the molecule is Cc1ccc(CNC(C)C)c(-c2ccccc2Br)c1. The maximum Gasteiger partial charge on any atom is 0.0253 e. The molecule has 0 bridgehead atoms. The molecule has 0 unspecified atom stereocenters. The van der Waals surface area contributed by atoms with Crippen molar-refractivity contribution >= 4 is 15.9 Å². The van der Waals surface area contributed by atoms with Crippen molar-refractivity contribution in [3.8, 4) is 11.1 Å². The second kappa shape index (κ2) is 6.36. The van der Waals surface area contributed by atoms with Crippen molar-refractivity contribution in [2.75, 3.05) is 0 Å². The lowest BCUT2D eigenvalue weighted by molar-refractivity contribution is 0.589. The van der Waals surface area contributed by atoms with Gasteiger partial charge in [-0.05, 0) is 29.7 Å². The summed E-state index contributed by atoms with van der Waals surface area (Å²) in [6.07, 6.45) is 0. The van der Waals surface area contributed by atoms with Crippen LogP contribution in [0.25, 0.3) is 11.1 Å². The van der Waals surface area contributed by atoms with Crippen molar-refractivity contribution in [3.05, 3.63) is 58.1 Å². The Balaban J connectivity index is 2.43. The molecule has 2 aromatic carbocycles. The van der Waals surface area contributed by atoms with Crippen LogP contribution in [0.4, 0.5) is 0 Å². The highest BCUT2D eigenvalue weighted by Crippen LogP contribution is 2.31. The van der Waals surface area contributed by atoms with E-state index in [1.165, 1.54) is 22.3 Å². The smallest absolute Gasteiger partial charge is 0.0253 e. The fraction of sp³-hybridized carbons (Fsp3) is 0.294. The van der Waals surface area contributed by atoms with Gasteiger partial charge in [-0.15, -0.1) is 0 Å². The Morgan fingerprint density at radius 1 is 1.05 bits per heavy atom. The van der Waals surface area contributed by atoms with Crippen molar-refractivity contribution in [2.45, 2.75) is 33.4 Å². The lowest BCUT2D eigenvalue weighted by atomic mass is 9.97. The van der Waals surface area contributed by atoms with Crippen LogP contribution in [0.1, 0.15) is 25.0 Å². The Labute approximate surface area is 124 Å². The number of nitrogens with one attached hydrogen (secondary N) is 1. The van der Waals surface area contributed by atoms with E-state index in [-0.39, 0.29) is 0 Å². The van der Waals surface area contributed by atoms with Crippen LogP contribution in [0.15, 0.2) is 46.9 Å². The molecule has 0 saturated carbocycles. The van der Waals surface area contributed by atoms with Gasteiger partial charge < -0.3 is 5.32 Å². The van der Waals surface area contributed by atoms with Gasteiger partial charge in [0.25, 0.3) is 0 Å². The van der Waals surface area contributed by atoms with Crippen LogP contribution < -0.4 is 5.32 Å². The van der Waals surface area contributed by atoms with Crippen LogP contribution >= 0.6 is 15.9 Å². The van der Waals surface area contributed by atoms with E-state index in [1.54, 1.807) is 0 Å². The molecule has 0 aliphatic rings. The summed E-state index contributed by atoms with van der Waals surface area (Å²) >= 11 is 3.65. The molecule has 0 aliphatic carbocycles. The number of hydrogen-bond donors (Lipinski definition) is 1. The average Bonchev–Trinajstić information content (AvgIpc) is 2.37. The molecule has 0 aliphatic heterocycles. The minimum atomic E-state index is 0.494. The van der Waals surface area contributed by atoms with Gasteiger partial charge in [0.1, 0.15) is 0 Å². The maximum atomic E-state index is 3.65. The summed E-state index contributed by atoms with van der Waals surface area (Å²) in [6, 6.07) is 15.6. The summed E-state index contributed by atoms with van der Waals surface area (Å²) in [5.74, 6) is 0. The van der Waals surface area contributed by atoms with Crippen LogP contribution in [0.3, 0.4) is 0 Å². The highest BCUT2D eigenvalue weighted by Gasteiger charge is 2.08. The van der Waals surface area contributed by atoms with Gasteiger partial charge in [-0.2, -0.15) is 0 Å². The molecule has 2 rings (SSSR count). The normalized spacial score (nSPS) is 11.0. The van der Waals surface area contributed by atoms with Gasteiger partial charge in [-0.25, -0.2) is 0 Å². The van der Waals surface area contributed by atoms with Gasteiger partial charge in [0.05, 0.1) is 0 Å². The minimum absolute atomic E-state index is 0.494. The van der Waals surface area contributed by atoms with Gasteiger partial charge in [0.15, 0.2) is 0 Å². The summed E-state index contributed by atoms with van der Waals surface area (Å²) in [5.41, 5.74) is 5.19. The first-order valence-corrected chi connectivity index (χ1v) is 7.45. The third kappa shape index (κ3) is 3.68. The molecule has 0 heterocycles. The Hall–Kier alpha value is -1.12. The predicted molar refractivity (Wildman–Crippen MR) is 86.3 cm³/mol. The average molecular weight is 318 g/mol. The van der Waals surface area contributed by atoms with Gasteiger partial charge >= 0.3 is 0 Å². The standard InChI is InChI=1S/C17H20BrN/c1-12(2)19-11-14-9-8-13(3)10-16(14)15-6-4-5-7-17(15)18/h4-10,12,19H,11H2,1-3H3. The Morgan fingerprint density at radius 3 is 2.47 bits per heavy atom. The van der Waals surface area contributed by atoms with Gasteiger partial charge in [-0.3, -0.25) is 0 Å². The maximum absolute atomic E-state index is 3.65. The minimum Gasteiger partial charge on any atom is -0.310 e. The summed E-state index contributed by atoms with van der Waals surface area (Å²) in [6.45, 7) is 7.38. The molecule has 2 aromatic rings. The first-order chi connectivity index (χ1) is 9.08. The molecule has 0 saturated heterocycles. The summed E-state index contributed by atoms with van der Waals surface area (Å²) in [4.78, 5) is 0. The van der Waals surface area contributed by atoms with Crippen LogP contribution in [0.5, 0.6) is 0 Å². The highest BCUT2D eigenvalue weighted by molar-refractivity contribution is 9.10. The molecule has 0 aromatic heterocycles. The number of benzene rings is 2. The van der Waals surface area contributed by atoms with Crippen molar-refractivity contribution in [2.24, 2.45) is 0 Å². The van der Waals surface area contributed by atoms with E-state index in [1.807, 2.05) is 0 Å². The van der Waals surface area contributed by atoms with E-state index in [0.29, 0.717) is 6.04 Å². The van der Waals surface area contributed by atoms with E-state index < -0.39 is 0 Å². The summed E-state index contributed by atoms with van der Waals surface area (Å²) in [5, 5.41) is 3.50. The van der Waals surface area contributed by atoms with E-state index in [0.717, 1.165) is 11.0 Å². The topological polar surface area (TPSA) is 12.0 Å². The molecule has 0 spiro atoms. The van der Waals surface area contributed by atoms with Gasteiger partial charge in [-0.1, -0.05) is 71.7 Å². The lowest BCUT2D eigenvalue weighted by Gasteiger charge is -2.15. The molecule has 1 N–H and O–H groups in total. The van der Waals surface area contributed by atoms with Gasteiger partial charge in [0, 0.05) is 17.1 Å². The zero-order valence-corrected chi connectivity index (χ0v) is 13.3. The summed E-state index contributed by atoms with van der Waals surface area (Å²) in [7, 11) is 0. The predicted octanol–water partition coefficient (Wildman–Crippen LogP) is 4.92. The lowest BCUT2D eigenvalue weighted by Crippen LogP contribution is -2.22. The van der Waals surface area contributed by atoms with Crippen molar-refractivity contribution in [1.82, 2.24) is 5.32 Å². The molecule has 19 heavy (non-hydrogen) atoms. The molecule has 0 radical (unpaired) electrons. The Kier molecular flexibility index (Phi) is 4.78. The van der Waals surface area contributed by atoms with E-state index in [4.69, 9.17) is 0 Å². The van der Waals surface area contributed by atoms with Crippen molar-refractivity contribution in [1.29, 1.82) is 0 Å². The molecule has 0 atom stereocenters. The monoisotopic (exact) mass is 317 g/mol. The van der Waals surface area contributed by atoms with Crippen molar-refractivity contribution < 1.29 is 0 Å². The zero-order chi connectivity index (χ0) is 13.8. The zero-order valence-electron chi connectivity index (χ0n) is 11.7. The fourth-order valence-electron chi connectivity index (χ4n) is 2.09. The number of halogens is 1. The first-order valence-electron chi connectivity index (χ1n) is 6.65. The molecular weight excluding hydrogens is 298 g/mol. The Morgan fingerprint density at radius 2 is 1.79 bits per heavy atom. The van der Waals surface area contributed by atoms with Crippen LogP contribution in [-0.2, 0) is 6.54 Å². The molecule has 0 fully saturated rings. The first kappa shape index (κ1) is 14.3. The molecule has 1 nitrogen and oxygen atoms in total. The molecular formula is C17H20BrN. The molecule has 0 amide bonds. The number of rotatable bonds is 4. The fourth-order valence-corrected chi connectivity index (χ4v) is 2.59. The number of aryl methyl sites for hydroxylation is 1. The van der Waals surface area contributed by atoms with E-state index >= 15 is 0 Å². The van der Waals surface area contributed by atoms with Crippen LogP contribution in [0.2, 0.25) is 0 Å². The quantitative estimate of drug-likeness (QED) is 0.843. The second-order valence-electron chi connectivity index (χ2n) is 5.18. The second-order valence-corrected chi connectivity index (χ2v) is 6.03. The third-order valence-electron chi connectivity index (χ3n) is 3.13. The van der Waals surface area contributed by atoms with E-state index in [2.05, 4.69) is 84.5 Å². The highest BCUT2D eigenvalue weighted by atomic mass is 79.9.